The van der Waals surface area contributed by atoms with Crippen LogP contribution in [0.3, 0.4) is 0 Å². The zero-order chi connectivity index (χ0) is 16.9. The lowest BCUT2D eigenvalue weighted by atomic mass is 9.97. The quantitative estimate of drug-likeness (QED) is 0.778. The first-order valence-electron chi connectivity index (χ1n) is 8.17. The molecule has 1 aromatic carbocycles. The second-order valence-corrected chi connectivity index (χ2v) is 7.81. The summed E-state index contributed by atoms with van der Waals surface area (Å²) >= 11 is 7.61. The van der Waals surface area contributed by atoms with Gasteiger partial charge >= 0.3 is 0 Å². The highest BCUT2D eigenvalue weighted by Gasteiger charge is 2.27. The average Bonchev–Trinajstić information content (AvgIpc) is 3.02. The second kappa shape index (κ2) is 11.1. The number of piperazine rings is 1. The molecule has 3 rings (SSSR count). The Morgan fingerprint density at radius 2 is 1.73 bits per heavy atom. The normalized spacial score (nSPS) is 15.7. The van der Waals surface area contributed by atoms with E-state index in [-0.39, 0.29) is 36.6 Å². The van der Waals surface area contributed by atoms with E-state index in [1.54, 1.807) is 11.3 Å². The van der Waals surface area contributed by atoms with Crippen LogP contribution < -0.4 is 5.73 Å². The molecule has 2 N–H and O–H groups in total. The Bertz CT molecular complexity index is 675. The molecule has 0 spiro atoms. The Hall–Kier alpha value is -0.820. The third-order valence-corrected chi connectivity index (χ3v) is 5.64. The molecule has 1 unspecified atom stereocenters. The van der Waals surface area contributed by atoms with E-state index in [0.29, 0.717) is 6.54 Å². The minimum absolute atomic E-state index is 0. The highest BCUT2D eigenvalue weighted by Crippen LogP contribution is 2.24. The van der Waals surface area contributed by atoms with Gasteiger partial charge in [0, 0.05) is 44.1 Å². The topological polar surface area (TPSA) is 49.6 Å². The van der Waals surface area contributed by atoms with Gasteiger partial charge in [-0.25, -0.2) is 0 Å². The molecule has 1 saturated heterocycles. The van der Waals surface area contributed by atoms with Crippen molar-refractivity contribution in [2.24, 2.45) is 5.73 Å². The Morgan fingerprint density at radius 3 is 2.27 bits per heavy atom. The van der Waals surface area contributed by atoms with Crippen molar-refractivity contribution in [3.05, 3.63) is 57.2 Å². The van der Waals surface area contributed by atoms with Gasteiger partial charge in [0.25, 0.3) is 0 Å². The highest BCUT2D eigenvalue weighted by atomic mass is 35.5. The van der Waals surface area contributed by atoms with Crippen molar-refractivity contribution in [3.63, 3.8) is 0 Å². The standard InChI is InChI=1S/C18H22ClN3OS.2ClH/c19-17-7-6-15(24-17)13-21-8-10-22(11-9-21)18(23)16(12-20)14-4-2-1-3-5-14;;/h1-7,16H,8-13,20H2;2*1H. The predicted octanol–water partition coefficient (Wildman–Crippen LogP) is 3.63. The largest absolute Gasteiger partial charge is 0.340 e. The molecule has 1 fully saturated rings. The van der Waals surface area contributed by atoms with Crippen molar-refractivity contribution in [3.8, 4) is 0 Å². The molecule has 0 bridgehead atoms. The molecule has 26 heavy (non-hydrogen) atoms. The number of carbonyl (C=O) groups excluding carboxylic acids is 1. The monoisotopic (exact) mass is 435 g/mol. The summed E-state index contributed by atoms with van der Waals surface area (Å²) < 4.78 is 0.826. The van der Waals surface area contributed by atoms with Crippen LogP contribution in [0.15, 0.2) is 42.5 Å². The summed E-state index contributed by atoms with van der Waals surface area (Å²) in [5.74, 6) is -0.101. The number of rotatable bonds is 5. The van der Waals surface area contributed by atoms with Gasteiger partial charge in [0.2, 0.25) is 5.91 Å². The smallest absolute Gasteiger partial charge is 0.231 e. The molecule has 2 heterocycles. The van der Waals surface area contributed by atoms with Crippen LogP contribution in [0.2, 0.25) is 4.34 Å². The number of carbonyl (C=O) groups is 1. The lowest BCUT2D eigenvalue weighted by Gasteiger charge is -2.36. The van der Waals surface area contributed by atoms with E-state index >= 15 is 0 Å². The number of nitrogens with two attached hydrogens (primary N) is 1. The average molecular weight is 437 g/mol. The Morgan fingerprint density at radius 1 is 1.08 bits per heavy atom. The van der Waals surface area contributed by atoms with Crippen molar-refractivity contribution >= 4 is 53.7 Å². The summed E-state index contributed by atoms with van der Waals surface area (Å²) in [6.45, 7) is 4.51. The van der Waals surface area contributed by atoms with E-state index in [4.69, 9.17) is 17.3 Å². The summed E-state index contributed by atoms with van der Waals surface area (Å²) in [7, 11) is 0. The van der Waals surface area contributed by atoms with Crippen LogP contribution in [0.1, 0.15) is 16.4 Å². The first-order valence-corrected chi connectivity index (χ1v) is 9.37. The van der Waals surface area contributed by atoms with Gasteiger partial charge in [0.05, 0.1) is 10.3 Å². The number of nitrogens with zero attached hydrogens (tertiary/aromatic N) is 2. The van der Waals surface area contributed by atoms with Crippen molar-refractivity contribution < 1.29 is 4.79 Å². The van der Waals surface area contributed by atoms with E-state index in [1.807, 2.05) is 41.3 Å². The van der Waals surface area contributed by atoms with E-state index < -0.39 is 0 Å². The molecular formula is C18H24Cl3N3OS. The van der Waals surface area contributed by atoms with Gasteiger partial charge < -0.3 is 10.6 Å². The van der Waals surface area contributed by atoms with Gasteiger partial charge in [-0.2, -0.15) is 0 Å². The Balaban J connectivity index is 0.00000169. The third-order valence-electron chi connectivity index (χ3n) is 4.43. The van der Waals surface area contributed by atoms with Crippen molar-refractivity contribution in [1.82, 2.24) is 9.80 Å². The molecular weight excluding hydrogens is 413 g/mol. The number of amides is 1. The summed E-state index contributed by atoms with van der Waals surface area (Å²) in [5.41, 5.74) is 6.88. The second-order valence-electron chi connectivity index (χ2n) is 6.01. The fourth-order valence-corrected chi connectivity index (χ4v) is 4.20. The fraction of sp³-hybridized carbons (Fsp3) is 0.389. The van der Waals surface area contributed by atoms with Crippen molar-refractivity contribution in [2.45, 2.75) is 12.5 Å². The number of halogens is 3. The highest BCUT2D eigenvalue weighted by molar-refractivity contribution is 7.16. The lowest BCUT2D eigenvalue weighted by Crippen LogP contribution is -2.50. The van der Waals surface area contributed by atoms with Crippen LogP contribution >= 0.6 is 47.8 Å². The first-order chi connectivity index (χ1) is 11.7. The van der Waals surface area contributed by atoms with E-state index in [9.17, 15) is 4.79 Å². The number of hydrogen-bond acceptors (Lipinski definition) is 4. The van der Waals surface area contributed by atoms with Crippen molar-refractivity contribution in [2.75, 3.05) is 32.7 Å². The maximum atomic E-state index is 12.8. The minimum atomic E-state index is -0.242. The van der Waals surface area contributed by atoms with Gasteiger partial charge in [0.1, 0.15) is 0 Å². The molecule has 1 aliphatic rings. The van der Waals surface area contributed by atoms with Gasteiger partial charge in [0.15, 0.2) is 0 Å². The van der Waals surface area contributed by atoms with Gasteiger partial charge in [-0.05, 0) is 17.7 Å². The van der Waals surface area contributed by atoms with Crippen molar-refractivity contribution in [1.29, 1.82) is 0 Å². The SMILES string of the molecule is Cl.Cl.NCC(C(=O)N1CCN(Cc2ccc(Cl)s2)CC1)c1ccccc1. The Kier molecular flexibility index (Phi) is 9.93. The summed E-state index contributed by atoms with van der Waals surface area (Å²) in [6.07, 6.45) is 0. The van der Waals surface area contributed by atoms with E-state index in [1.165, 1.54) is 4.88 Å². The minimum Gasteiger partial charge on any atom is -0.340 e. The maximum absolute atomic E-state index is 12.8. The molecule has 0 saturated carbocycles. The van der Waals surface area contributed by atoms with Crippen LogP contribution in [0.5, 0.6) is 0 Å². The Labute approximate surface area is 176 Å². The van der Waals surface area contributed by atoms with Crippen LogP contribution in [0.25, 0.3) is 0 Å². The van der Waals surface area contributed by atoms with Crippen LogP contribution in [-0.4, -0.2) is 48.4 Å². The molecule has 1 aliphatic heterocycles. The molecule has 1 amide bonds. The van der Waals surface area contributed by atoms with Crippen LogP contribution in [0.4, 0.5) is 0 Å². The third kappa shape index (κ3) is 5.84. The van der Waals surface area contributed by atoms with Crippen LogP contribution in [-0.2, 0) is 11.3 Å². The molecule has 2 aromatic rings. The van der Waals surface area contributed by atoms with Gasteiger partial charge in [-0.1, -0.05) is 41.9 Å². The number of hydrogen-bond donors (Lipinski definition) is 1. The molecule has 0 radical (unpaired) electrons. The first kappa shape index (κ1) is 23.2. The summed E-state index contributed by atoms with van der Waals surface area (Å²) in [6, 6.07) is 13.8. The molecule has 1 atom stereocenters. The molecule has 8 heteroatoms. The zero-order valence-electron chi connectivity index (χ0n) is 14.3. The number of thiophene rings is 1. The maximum Gasteiger partial charge on any atom is 0.231 e. The number of benzene rings is 1. The molecule has 144 valence electrons. The van der Waals surface area contributed by atoms with E-state index in [0.717, 1.165) is 42.6 Å². The molecule has 0 aliphatic carbocycles. The van der Waals surface area contributed by atoms with E-state index in [2.05, 4.69) is 11.0 Å². The zero-order valence-corrected chi connectivity index (χ0v) is 17.5. The van der Waals surface area contributed by atoms with Gasteiger partial charge in [-0.3, -0.25) is 9.69 Å². The predicted molar refractivity (Wildman–Crippen MR) is 114 cm³/mol. The van der Waals surface area contributed by atoms with Gasteiger partial charge in [-0.15, -0.1) is 36.2 Å². The molecule has 1 aromatic heterocycles. The molecule has 4 nitrogen and oxygen atoms in total. The summed E-state index contributed by atoms with van der Waals surface area (Å²) in [4.78, 5) is 18.4. The summed E-state index contributed by atoms with van der Waals surface area (Å²) in [5, 5.41) is 0. The lowest BCUT2D eigenvalue weighted by molar-refractivity contribution is -0.134. The van der Waals surface area contributed by atoms with Crippen LogP contribution in [0, 0.1) is 0 Å². The fourth-order valence-electron chi connectivity index (χ4n) is 3.07.